The third-order valence-corrected chi connectivity index (χ3v) is 4.41. The highest BCUT2D eigenvalue weighted by Gasteiger charge is 2.29. The van der Waals surface area contributed by atoms with Gasteiger partial charge in [-0.15, -0.1) is 0 Å². The summed E-state index contributed by atoms with van der Waals surface area (Å²) in [4.78, 5) is 14.9. The molecule has 2 rings (SSSR count). The third kappa shape index (κ3) is 2.97. The van der Waals surface area contributed by atoms with E-state index in [-0.39, 0.29) is 5.91 Å². The van der Waals surface area contributed by atoms with Gasteiger partial charge in [-0.05, 0) is 57.2 Å². The van der Waals surface area contributed by atoms with Crippen molar-refractivity contribution in [2.24, 2.45) is 5.92 Å². The van der Waals surface area contributed by atoms with E-state index in [1.165, 1.54) is 12.0 Å². The van der Waals surface area contributed by atoms with Crippen LogP contribution in [0.25, 0.3) is 0 Å². The fourth-order valence-electron chi connectivity index (χ4n) is 2.96. The molecule has 1 N–H and O–H groups in total. The van der Waals surface area contributed by atoms with Crippen LogP contribution in [0.15, 0.2) is 18.2 Å². The van der Waals surface area contributed by atoms with Gasteiger partial charge in [0.15, 0.2) is 0 Å². The van der Waals surface area contributed by atoms with Crippen LogP contribution < -0.4 is 5.32 Å². The summed E-state index contributed by atoms with van der Waals surface area (Å²) < 4.78 is 0. The molecule has 1 aromatic rings. The summed E-state index contributed by atoms with van der Waals surface area (Å²) in [5.74, 6) is 0.751. The number of likely N-dealkylation sites (tertiary alicyclic amines) is 1. The van der Waals surface area contributed by atoms with Crippen molar-refractivity contribution in [2.75, 3.05) is 18.4 Å². The van der Waals surface area contributed by atoms with Crippen molar-refractivity contribution in [1.29, 1.82) is 0 Å². The highest BCUT2D eigenvalue weighted by molar-refractivity contribution is 6.00. The second kappa shape index (κ2) is 6.29. The van der Waals surface area contributed by atoms with Crippen molar-refractivity contribution in [2.45, 2.75) is 46.6 Å². The average Bonchev–Trinajstić information content (AvgIpc) is 2.42. The number of carbonyl (C=O) groups excluding carboxylic acids is 1. The number of hydrogen-bond acceptors (Lipinski definition) is 2. The summed E-state index contributed by atoms with van der Waals surface area (Å²) in [5.41, 5.74) is 2.94. The van der Waals surface area contributed by atoms with Crippen LogP contribution in [0.1, 0.15) is 49.5 Å². The van der Waals surface area contributed by atoms with Crippen molar-refractivity contribution in [1.82, 2.24) is 4.90 Å². The van der Waals surface area contributed by atoms with E-state index in [0.29, 0.717) is 12.0 Å². The Balaban J connectivity index is 2.28. The van der Waals surface area contributed by atoms with E-state index in [0.717, 1.165) is 30.8 Å². The van der Waals surface area contributed by atoms with Crippen molar-refractivity contribution >= 4 is 11.6 Å². The van der Waals surface area contributed by atoms with Crippen LogP contribution in [0.3, 0.4) is 0 Å². The number of carbonyl (C=O) groups is 1. The Hall–Kier alpha value is -1.51. The zero-order valence-corrected chi connectivity index (χ0v) is 13.1. The molecule has 1 aliphatic rings. The first-order valence-electron chi connectivity index (χ1n) is 7.70. The van der Waals surface area contributed by atoms with Crippen LogP contribution in [-0.4, -0.2) is 29.9 Å². The van der Waals surface area contributed by atoms with Gasteiger partial charge in [0.1, 0.15) is 0 Å². The molecule has 1 saturated heterocycles. The number of benzene rings is 1. The zero-order chi connectivity index (χ0) is 14.7. The van der Waals surface area contributed by atoms with Crippen LogP contribution in [0.2, 0.25) is 0 Å². The fraction of sp³-hybridized carbons (Fsp3) is 0.588. The number of rotatable bonds is 3. The van der Waals surface area contributed by atoms with Crippen LogP contribution in [-0.2, 0) is 0 Å². The van der Waals surface area contributed by atoms with Crippen molar-refractivity contribution in [3.8, 4) is 0 Å². The lowest BCUT2D eigenvalue weighted by molar-refractivity contribution is 0.0552. The number of hydrogen-bond donors (Lipinski definition) is 1. The number of nitrogens with zero attached hydrogens (tertiary/aromatic N) is 1. The van der Waals surface area contributed by atoms with E-state index < -0.39 is 0 Å². The molecule has 0 saturated carbocycles. The smallest absolute Gasteiger partial charge is 0.256 e. The molecule has 110 valence electrons. The summed E-state index contributed by atoms with van der Waals surface area (Å²) in [6.45, 7) is 10.2. The molecule has 2 atom stereocenters. The van der Waals surface area contributed by atoms with Gasteiger partial charge in [0.2, 0.25) is 0 Å². The minimum atomic E-state index is 0.167. The molecule has 1 amide bonds. The van der Waals surface area contributed by atoms with Gasteiger partial charge in [-0.2, -0.15) is 0 Å². The maximum absolute atomic E-state index is 12.8. The molecule has 0 bridgehead atoms. The van der Waals surface area contributed by atoms with Crippen molar-refractivity contribution < 1.29 is 4.79 Å². The Bertz CT molecular complexity index is 484. The zero-order valence-electron chi connectivity index (χ0n) is 13.1. The lowest BCUT2D eigenvalue weighted by Crippen LogP contribution is -2.46. The van der Waals surface area contributed by atoms with Crippen LogP contribution in [0, 0.1) is 12.8 Å². The minimum Gasteiger partial charge on any atom is -0.385 e. The fourth-order valence-corrected chi connectivity index (χ4v) is 2.96. The molecule has 0 radical (unpaired) electrons. The van der Waals surface area contributed by atoms with E-state index >= 15 is 0 Å². The minimum absolute atomic E-state index is 0.167. The Kier molecular flexibility index (Phi) is 4.69. The van der Waals surface area contributed by atoms with E-state index in [9.17, 15) is 4.79 Å². The highest BCUT2D eigenvalue weighted by Crippen LogP contribution is 2.27. The molecule has 0 spiro atoms. The molecule has 1 aliphatic heterocycles. The summed E-state index contributed by atoms with van der Waals surface area (Å²) >= 11 is 0. The van der Waals surface area contributed by atoms with Gasteiger partial charge >= 0.3 is 0 Å². The Morgan fingerprint density at radius 1 is 1.40 bits per heavy atom. The highest BCUT2D eigenvalue weighted by atomic mass is 16.2. The first kappa shape index (κ1) is 14.9. The van der Waals surface area contributed by atoms with Crippen molar-refractivity contribution in [3.63, 3.8) is 0 Å². The van der Waals surface area contributed by atoms with Gasteiger partial charge in [-0.1, -0.05) is 13.0 Å². The van der Waals surface area contributed by atoms with E-state index in [1.54, 1.807) is 0 Å². The summed E-state index contributed by atoms with van der Waals surface area (Å²) in [6.07, 6.45) is 2.33. The van der Waals surface area contributed by atoms with Crippen LogP contribution in [0.5, 0.6) is 0 Å². The molecule has 1 fully saturated rings. The number of piperidine rings is 1. The molecule has 1 aromatic carbocycles. The van der Waals surface area contributed by atoms with Gasteiger partial charge in [0.05, 0.1) is 5.56 Å². The normalized spacial score (nSPS) is 22.7. The predicted octanol–water partition coefficient (Wildman–Crippen LogP) is 3.69. The molecule has 3 nitrogen and oxygen atoms in total. The quantitative estimate of drug-likeness (QED) is 0.911. The van der Waals surface area contributed by atoms with Crippen LogP contribution in [0.4, 0.5) is 5.69 Å². The molecule has 1 heterocycles. The first-order chi connectivity index (χ1) is 9.54. The Morgan fingerprint density at radius 3 is 2.85 bits per heavy atom. The molecule has 0 aromatic heterocycles. The molecule has 2 unspecified atom stereocenters. The topological polar surface area (TPSA) is 32.3 Å². The second-order valence-corrected chi connectivity index (χ2v) is 5.94. The van der Waals surface area contributed by atoms with Gasteiger partial charge < -0.3 is 10.2 Å². The molecule has 3 heteroatoms. The van der Waals surface area contributed by atoms with Gasteiger partial charge in [0, 0.05) is 24.8 Å². The predicted molar refractivity (Wildman–Crippen MR) is 84.2 cm³/mol. The lowest BCUT2D eigenvalue weighted by atomic mass is 9.91. The van der Waals surface area contributed by atoms with E-state index in [4.69, 9.17) is 0 Å². The van der Waals surface area contributed by atoms with Crippen LogP contribution >= 0.6 is 0 Å². The first-order valence-corrected chi connectivity index (χ1v) is 7.70. The summed E-state index contributed by atoms with van der Waals surface area (Å²) in [7, 11) is 0. The van der Waals surface area contributed by atoms with Crippen molar-refractivity contribution in [3.05, 3.63) is 29.3 Å². The molecule has 20 heavy (non-hydrogen) atoms. The number of amides is 1. The summed E-state index contributed by atoms with van der Waals surface area (Å²) in [5, 5.41) is 3.32. The van der Waals surface area contributed by atoms with E-state index in [1.807, 2.05) is 17.0 Å². The Morgan fingerprint density at radius 2 is 2.15 bits per heavy atom. The van der Waals surface area contributed by atoms with Gasteiger partial charge in [-0.25, -0.2) is 0 Å². The van der Waals surface area contributed by atoms with Gasteiger partial charge in [0.25, 0.3) is 5.91 Å². The number of anilines is 1. The molecular weight excluding hydrogens is 248 g/mol. The molecular formula is C17H26N2O. The second-order valence-electron chi connectivity index (χ2n) is 5.94. The largest absolute Gasteiger partial charge is 0.385 e. The maximum atomic E-state index is 12.8. The Labute approximate surface area is 122 Å². The third-order valence-electron chi connectivity index (χ3n) is 4.41. The summed E-state index contributed by atoms with van der Waals surface area (Å²) in [6, 6.07) is 6.37. The van der Waals surface area contributed by atoms with E-state index in [2.05, 4.69) is 39.1 Å². The molecule has 0 aliphatic carbocycles. The SMILES string of the molecule is CCNc1cc(C)ccc1C(=O)N1CCCC(C)C1C. The number of aryl methyl sites for hydroxylation is 1. The maximum Gasteiger partial charge on any atom is 0.256 e. The average molecular weight is 274 g/mol. The number of nitrogens with one attached hydrogen (secondary N) is 1. The monoisotopic (exact) mass is 274 g/mol. The van der Waals surface area contributed by atoms with Gasteiger partial charge in [-0.3, -0.25) is 4.79 Å². The lowest BCUT2D eigenvalue weighted by Gasteiger charge is -2.38. The standard InChI is InChI=1S/C17H26N2O/c1-5-18-16-11-12(2)8-9-15(16)17(20)19-10-6-7-13(3)14(19)4/h8-9,11,13-14,18H,5-7,10H2,1-4H3.